The molecule has 39 heavy (non-hydrogen) atoms. The Kier molecular flexibility index (Phi) is 7.31. The Morgan fingerprint density at radius 3 is 2.46 bits per heavy atom. The third-order valence-corrected chi connectivity index (χ3v) is 10.8. The van der Waals surface area contributed by atoms with Crippen LogP contribution in [0, 0.1) is 31.6 Å². The number of carbonyl (C=O) groups excluding carboxylic acids is 3. The number of para-hydroxylation sites is 1. The number of aliphatic hydroxyl groups is 1. The largest absolute Gasteiger partial charge is 0.394 e. The summed E-state index contributed by atoms with van der Waals surface area (Å²) in [6.45, 7) is 9.85. The van der Waals surface area contributed by atoms with E-state index in [2.05, 4.69) is 17.6 Å². The van der Waals surface area contributed by atoms with Crippen LogP contribution < -0.4 is 10.6 Å². The van der Waals surface area contributed by atoms with Crippen molar-refractivity contribution in [1.82, 2.24) is 4.90 Å². The van der Waals surface area contributed by atoms with E-state index in [1.54, 1.807) is 16.7 Å². The van der Waals surface area contributed by atoms with Crippen LogP contribution in [0.5, 0.6) is 0 Å². The molecular formula is C31H39N3O4S. The number of aliphatic hydroxyl groups excluding tert-OH is 1. The predicted molar refractivity (Wildman–Crippen MR) is 156 cm³/mol. The minimum atomic E-state index is -0.785. The maximum absolute atomic E-state index is 14.4. The van der Waals surface area contributed by atoms with Crippen molar-refractivity contribution in [2.45, 2.75) is 75.5 Å². The highest BCUT2D eigenvalue weighted by Gasteiger charge is 2.77. The smallest absolute Gasteiger partial charge is 0.248 e. The number of benzene rings is 2. The fourth-order valence-electron chi connectivity index (χ4n) is 7.09. The maximum Gasteiger partial charge on any atom is 0.248 e. The van der Waals surface area contributed by atoms with Gasteiger partial charge in [0.2, 0.25) is 17.7 Å². The van der Waals surface area contributed by atoms with Gasteiger partial charge in [0, 0.05) is 16.1 Å². The number of rotatable bonds is 8. The summed E-state index contributed by atoms with van der Waals surface area (Å²) in [5.41, 5.74) is 3.38. The molecule has 7 nitrogen and oxygen atoms in total. The molecule has 0 saturated carbocycles. The van der Waals surface area contributed by atoms with E-state index in [1.165, 1.54) is 0 Å². The van der Waals surface area contributed by atoms with Crippen molar-refractivity contribution < 1.29 is 19.5 Å². The molecule has 8 heteroatoms. The number of likely N-dealkylation sites (tertiary alicyclic amines) is 1. The summed E-state index contributed by atoms with van der Waals surface area (Å²) in [6.07, 6.45) is 1.98. The topological polar surface area (TPSA) is 98.7 Å². The lowest BCUT2D eigenvalue weighted by atomic mass is 9.66. The second kappa shape index (κ2) is 10.3. The van der Waals surface area contributed by atoms with Crippen molar-refractivity contribution in [2.24, 2.45) is 17.8 Å². The summed E-state index contributed by atoms with van der Waals surface area (Å²) in [7, 11) is 0. The number of anilines is 2. The Labute approximate surface area is 235 Å². The fourth-order valence-corrected chi connectivity index (χ4v) is 9.43. The van der Waals surface area contributed by atoms with Crippen LogP contribution in [0.3, 0.4) is 0 Å². The molecule has 2 bridgehead atoms. The van der Waals surface area contributed by atoms with Gasteiger partial charge in [-0.05, 0) is 75.3 Å². The van der Waals surface area contributed by atoms with Gasteiger partial charge in [-0.3, -0.25) is 14.4 Å². The molecular weight excluding hydrogens is 510 g/mol. The third kappa shape index (κ3) is 4.65. The highest BCUT2D eigenvalue weighted by atomic mass is 32.2. The van der Waals surface area contributed by atoms with Crippen molar-refractivity contribution in [1.29, 1.82) is 0 Å². The molecule has 3 fully saturated rings. The molecule has 0 aromatic heterocycles. The lowest BCUT2D eigenvalue weighted by molar-refractivity contribution is -0.142. The molecule has 6 atom stereocenters. The molecule has 3 heterocycles. The van der Waals surface area contributed by atoms with Gasteiger partial charge in [-0.25, -0.2) is 0 Å². The van der Waals surface area contributed by atoms with Crippen LogP contribution >= 0.6 is 11.8 Å². The van der Waals surface area contributed by atoms with Crippen molar-refractivity contribution in [2.75, 3.05) is 17.2 Å². The molecule has 3 saturated heterocycles. The van der Waals surface area contributed by atoms with E-state index < -0.39 is 33.4 Å². The first-order chi connectivity index (χ1) is 18.5. The molecule has 2 aromatic carbocycles. The summed E-state index contributed by atoms with van der Waals surface area (Å²) < 4.78 is -1.20. The molecule has 3 amide bonds. The molecule has 3 aliphatic heterocycles. The average Bonchev–Trinajstić information content (AvgIpc) is 3.46. The van der Waals surface area contributed by atoms with Gasteiger partial charge < -0.3 is 20.6 Å². The molecule has 208 valence electrons. The minimum absolute atomic E-state index is 0.184. The second-order valence-electron chi connectivity index (χ2n) is 12.1. The summed E-state index contributed by atoms with van der Waals surface area (Å²) >= 11 is 1.64. The van der Waals surface area contributed by atoms with E-state index in [9.17, 15) is 19.5 Å². The summed E-state index contributed by atoms with van der Waals surface area (Å²) in [5, 5.41) is 16.6. The standard InChI is InChI=1S/C31H39N3O4S/c1-18(2)15-22(17-35)34-26(28(37)33-23-16-19(3)11-12-20(23)4)31-14-13-30(5,39-31)24(25(31)29(34)38)27(36)32-21-9-7-6-8-10-21/h6-12,16,18,22,24-26,35H,13-15,17H2,1-5H3,(H,32,36)(H,33,37)/t22-,24+,25+,26?,30-,31?/m1/s1. The quantitative estimate of drug-likeness (QED) is 0.441. The zero-order valence-electron chi connectivity index (χ0n) is 23.4. The third-order valence-electron chi connectivity index (χ3n) is 8.79. The number of aryl methyl sites for hydroxylation is 2. The van der Waals surface area contributed by atoms with Gasteiger partial charge in [-0.1, -0.05) is 44.2 Å². The van der Waals surface area contributed by atoms with Gasteiger partial charge in [0.05, 0.1) is 29.2 Å². The summed E-state index contributed by atoms with van der Waals surface area (Å²) in [5.74, 6) is -1.63. The first kappa shape index (κ1) is 27.7. The molecule has 1 spiro atoms. The van der Waals surface area contributed by atoms with Crippen LogP contribution in [0.1, 0.15) is 51.2 Å². The van der Waals surface area contributed by atoms with Crippen molar-refractivity contribution in [3.05, 3.63) is 59.7 Å². The summed E-state index contributed by atoms with van der Waals surface area (Å²) in [4.78, 5) is 44.1. The van der Waals surface area contributed by atoms with Crippen molar-refractivity contribution in [3.8, 4) is 0 Å². The van der Waals surface area contributed by atoms with E-state index in [1.807, 2.05) is 76.2 Å². The molecule has 0 aliphatic carbocycles. The van der Waals surface area contributed by atoms with Crippen molar-refractivity contribution in [3.63, 3.8) is 0 Å². The number of fused-ring (bicyclic) bond motifs is 1. The predicted octanol–water partition coefficient (Wildman–Crippen LogP) is 4.77. The number of hydrogen-bond donors (Lipinski definition) is 3. The first-order valence-corrected chi connectivity index (χ1v) is 14.7. The Morgan fingerprint density at radius 1 is 1.08 bits per heavy atom. The second-order valence-corrected chi connectivity index (χ2v) is 14.0. The van der Waals surface area contributed by atoms with Crippen LogP contribution in [0.2, 0.25) is 0 Å². The van der Waals surface area contributed by atoms with Gasteiger partial charge in [0.1, 0.15) is 6.04 Å². The summed E-state index contributed by atoms with van der Waals surface area (Å²) in [6, 6.07) is 13.9. The first-order valence-electron chi connectivity index (χ1n) is 13.9. The fraction of sp³-hybridized carbons (Fsp3) is 0.516. The Morgan fingerprint density at radius 2 is 1.79 bits per heavy atom. The number of amides is 3. The lowest BCUT2D eigenvalue weighted by Crippen LogP contribution is -2.55. The van der Waals surface area contributed by atoms with E-state index >= 15 is 0 Å². The van der Waals surface area contributed by atoms with Crippen LogP contribution in [-0.2, 0) is 14.4 Å². The highest BCUT2D eigenvalue weighted by Crippen LogP contribution is 2.71. The molecule has 3 aliphatic rings. The Bertz CT molecular complexity index is 1280. The monoisotopic (exact) mass is 549 g/mol. The van der Waals surface area contributed by atoms with Gasteiger partial charge in [0.15, 0.2) is 0 Å². The van der Waals surface area contributed by atoms with Gasteiger partial charge >= 0.3 is 0 Å². The number of nitrogens with one attached hydrogen (secondary N) is 2. The van der Waals surface area contributed by atoms with Crippen molar-refractivity contribution >= 4 is 40.9 Å². The Hall–Kier alpha value is -2.84. The molecule has 2 aromatic rings. The van der Waals surface area contributed by atoms with E-state index in [-0.39, 0.29) is 30.2 Å². The van der Waals surface area contributed by atoms with Crippen LogP contribution in [-0.4, -0.2) is 55.9 Å². The van der Waals surface area contributed by atoms with E-state index in [4.69, 9.17) is 0 Å². The zero-order chi connectivity index (χ0) is 28.1. The number of hydrogen-bond acceptors (Lipinski definition) is 5. The maximum atomic E-state index is 14.4. The molecule has 0 radical (unpaired) electrons. The zero-order valence-corrected chi connectivity index (χ0v) is 24.2. The van der Waals surface area contributed by atoms with E-state index in [0.29, 0.717) is 18.5 Å². The van der Waals surface area contributed by atoms with Crippen LogP contribution in [0.15, 0.2) is 48.5 Å². The normalized spacial score (nSPS) is 30.0. The van der Waals surface area contributed by atoms with Crippen LogP contribution in [0.4, 0.5) is 11.4 Å². The number of thioether (sulfide) groups is 1. The number of carbonyl (C=O) groups is 3. The van der Waals surface area contributed by atoms with Crippen LogP contribution in [0.25, 0.3) is 0 Å². The molecule has 5 rings (SSSR count). The number of nitrogens with zero attached hydrogens (tertiary/aromatic N) is 1. The Balaban J connectivity index is 1.56. The average molecular weight is 550 g/mol. The van der Waals surface area contributed by atoms with Gasteiger partial charge in [0.25, 0.3) is 0 Å². The lowest BCUT2D eigenvalue weighted by Gasteiger charge is -2.37. The van der Waals surface area contributed by atoms with E-state index in [0.717, 1.165) is 23.2 Å². The van der Waals surface area contributed by atoms with Gasteiger partial charge in [-0.15, -0.1) is 11.8 Å². The highest BCUT2D eigenvalue weighted by molar-refractivity contribution is 8.02. The minimum Gasteiger partial charge on any atom is -0.394 e. The van der Waals surface area contributed by atoms with Gasteiger partial charge in [-0.2, -0.15) is 0 Å². The SMILES string of the molecule is Cc1ccc(C)c(NC(=O)C2N([C@@H](CO)CC(C)C)C(=O)[C@@H]3[C@@H](C(=O)Nc4ccccc4)[C@@]4(C)CCC23S4)c1. The molecule has 3 N–H and O–H groups in total. The molecule has 2 unspecified atom stereocenters.